The fourth-order valence-corrected chi connectivity index (χ4v) is 3.93. The molecule has 0 aromatic heterocycles. The smallest absolute Gasteiger partial charge is 0.306 e. The van der Waals surface area contributed by atoms with Crippen molar-refractivity contribution in [1.82, 2.24) is 0 Å². The molecule has 1 fully saturated rings. The molecule has 1 N–H and O–H groups in total. The van der Waals surface area contributed by atoms with Gasteiger partial charge in [-0.05, 0) is 67.2 Å². The summed E-state index contributed by atoms with van der Waals surface area (Å²) in [5, 5.41) is 9.17. The van der Waals surface area contributed by atoms with Crippen LogP contribution in [-0.4, -0.2) is 25.0 Å². The van der Waals surface area contributed by atoms with Gasteiger partial charge in [0.15, 0.2) is 6.79 Å². The van der Waals surface area contributed by atoms with Gasteiger partial charge in [-0.25, -0.2) is 0 Å². The van der Waals surface area contributed by atoms with Crippen molar-refractivity contribution in [3.05, 3.63) is 29.3 Å². The number of carboxylic acids is 1. The van der Waals surface area contributed by atoms with E-state index in [0.29, 0.717) is 0 Å². The van der Waals surface area contributed by atoms with Crippen LogP contribution in [0.1, 0.15) is 43.2 Å². The van der Waals surface area contributed by atoms with Crippen LogP contribution in [0.2, 0.25) is 0 Å². The highest BCUT2D eigenvalue weighted by Gasteiger charge is 2.42. The van der Waals surface area contributed by atoms with Gasteiger partial charge in [-0.1, -0.05) is 6.07 Å². The first kappa shape index (κ1) is 14.4. The molecule has 1 aromatic carbocycles. The zero-order valence-corrected chi connectivity index (χ0v) is 12.4. The van der Waals surface area contributed by atoms with Gasteiger partial charge in [0.2, 0.25) is 0 Å². The van der Waals surface area contributed by atoms with E-state index >= 15 is 0 Å². The quantitative estimate of drug-likeness (QED) is 0.866. The van der Waals surface area contributed by atoms with E-state index in [0.717, 1.165) is 44.3 Å². The predicted molar refractivity (Wildman–Crippen MR) is 78.5 cm³/mol. The van der Waals surface area contributed by atoms with E-state index in [-0.39, 0.29) is 18.1 Å². The van der Waals surface area contributed by atoms with E-state index < -0.39 is 5.97 Å². The summed E-state index contributed by atoms with van der Waals surface area (Å²) in [7, 11) is 1.61. The minimum atomic E-state index is -0.639. The molecule has 0 atom stereocenters. The molecule has 0 aliphatic heterocycles. The standard InChI is InChI=1S/C17H22O4/c1-20-11-21-14-3-2-12-4-7-17(15(12)10-14)8-5-13(6-9-17)16(18)19/h2-3,10,13H,4-9,11H2,1H3,(H,18,19). The van der Waals surface area contributed by atoms with Crippen LogP contribution in [0.5, 0.6) is 5.75 Å². The number of benzene rings is 1. The zero-order chi connectivity index (χ0) is 14.9. The lowest BCUT2D eigenvalue weighted by Crippen LogP contribution is -2.32. The number of aryl methyl sites for hydroxylation is 1. The maximum atomic E-state index is 11.1. The van der Waals surface area contributed by atoms with Crippen molar-refractivity contribution in [2.24, 2.45) is 5.92 Å². The molecule has 0 bridgehead atoms. The molecule has 0 radical (unpaired) electrons. The second-order valence-corrected chi connectivity index (χ2v) is 6.26. The van der Waals surface area contributed by atoms with Gasteiger partial charge in [0.25, 0.3) is 0 Å². The Kier molecular flexibility index (Phi) is 3.89. The molecular weight excluding hydrogens is 268 g/mol. The molecule has 2 aliphatic rings. The van der Waals surface area contributed by atoms with Crippen LogP contribution in [-0.2, 0) is 21.4 Å². The number of hydrogen-bond acceptors (Lipinski definition) is 3. The van der Waals surface area contributed by atoms with E-state index in [1.54, 1.807) is 7.11 Å². The van der Waals surface area contributed by atoms with Crippen LogP contribution in [0.3, 0.4) is 0 Å². The van der Waals surface area contributed by atoms with E-state index in [2.05, 4.69) is 12.1 Å². The lowest BCUT2D eigenvalue weighted by Gasteiger charge is -2.37. The Morgan fingerprint density at radius 3 is 2.76 bits per heavy atom. The molecule has 1 spiro atoms. The van der Waals surface area contributed by atoms with Gasteiger partial charge in [0.1, 0.15) is 5.75 Å². The number of carbonyl (C=O) groups is 1. The Morgan fingerprint density at radius 1 is 1.33 bits per heavy atom. The fourth-order valence-electron chi connectivity index (χ4n) is 3.93. The fraction of sp³-hybridized carbons (Fsp3) is 0.588. The van der Waals surface area contributed by atoms with Crippen molar-refractivity contribution in [2.75, 3.05) is 13.9 Å². The minimum Gasteiger partial charge on any atom is -0.481 e. The van der Waals surface area contributed by atoms with Crippen LogP contribution in [0.4, 0.5) is 0 Å². The third kappa shape index (κ3) is 2.64. The number of rotatable bonds is 4. The first-order chi connectivity index (χ1) is 10.1. The lowest BCUT2D eigenvalue weighted by atomic mass is 9.67. The highest BCUT2D eigenvalue weighted by Crippen LogP contribution is 2.50. The lowest BCUT2D eigenvalue weighted by molar-refractivity contribution is -0.143. The molecule has 0 unspecified atom stereocenters. The molecular formula is C17H22O4. The second kappa shape index (κ2) is 5.68. The third-order valence-corrected chi connectivity index (χ3v) is 5.16. The van der Waals surface area contributed by atoms with Crippen LogP contribution >= 0.6 is 0 Å². The zero-order valence-electron chi connectivity index (χ0n) is 12.4. The number of methoxy groups -OCH3 is 1. The molecule has 114 valence electrons. The van der Waals surface area contributed by atoms with Crippen LogP contribution in [0.25, 0.3) is 0 Å². The van der Waals surface area contributed by atoms with Gasteiger partial charge >= 0.3 is 5.97 Å². The third-order valence-electron chi connectivity index (χ3n) is 5.16. The Labute approximate surface area is 125 Å². The van der Waals surface area contributed by atoms with Gasteiger partial charge in [0.05, 0.1) is 5.92 Å². The van der Waals surface area contributed by atoms with Crippen molar-refractivity contribution >= 4 is 5.97 Å². The topological polar surface area (TPSA) is 55.8 Å². The van der Waals surface area contributed by atoms with Gasteiger partial charge < -0.3 is 14.6 Å². The van der Waals surface area contributed by atoms with E-state index in [4.69, 9.17) is 9.47 Å². The van der Waals surface area contributed by atoms with Crippen molar-refractivity contribution in [3.8, 4) is 5.75 Å². The van der Waals surface area contributed by atoms with Crippen molar-refractivity contribution in [3.63, 3.8) is 0 Å². The molecule has 1 aromatic rings. The monoisotopic (exact) mass is 290 g/mol. The molecule has 2 aliphatic carbocycles. The van der Waals surface area contributed by atoms with Gasteiger partial charge in [0, 0.05) is 7.11 Å². The van der Waals surface area contributed by atoms with Crippen molar-refractivity contribution in [2.45, 2.75) is 43.9 Å². The summed E-state index contributed by atoms with van der Waals surface area (Å²) < 4.78 is 10.5. The molecule has 4 nitrogen and oxygen atoms in total. The molecule has 1 saturated carbocycles. The predicted octanol–water partition coefficient (Wildman–Crippen LogP) is 3.13. The number of fused-ring (bicyclic) bond motifs is 2. The van der Waals surface area contributed by atoms with Crippen LogP contribution < -0.4 is 4.74 Å². The Hall–Kier alpha value is -1.55. The molecule has 21 heavy (non-hydrogen) atoms. The molecule has 3 rings (SSSR count). The average Bonchev–Trinajstić information content (AvgIpc) is 2.84. The van der Waals surface area contributed by atoms with E-state index in [1.807, 2.05) is 6.07 Å². The molecule has 4 heteroatoms. The number of hydrogen-bond donors (Lipinski definition) is 1. The largest absolute Gasteiger partial charge is 0.481 e. The first-order valence-electron chi connectivity index (χ1n) is 7.62. The summed E-state index contributed by atoms with van der Waals surface area (Å²) in [4.78, 5) is 11.1. The Balaban J connectivity index is 1.80. The number of ether oxygens (including phenoxy) is 2. The first-order valence-corrected chi connectivity index (χ1v) is 7.62. The van der Waals surface area contributed by atoms with Gasteiger partial charge in [-0.3, -0.25) is 4.79 Å². The maximum absolute atomic E-state index is 11.1. The Bertz CT molecular complexity index is 530. The summed E-state index contributed by atoms with van der Waals surface area (Å²) in [6, 6.07) is 6.29. The molecule has 0 amide bonds. The van der Waals surface area contributed by atoms with Gasteiger partial charge in [-0.15, -0.1) is 0 Å². The molecule has 0 saturated heterocycles. The normalized spacial score (nSPS) is 27.6. The second-order valence-electron chi connectivity index (χ2n) is 6.26. The SMILES string of the molecule is COCOc1ccc2c(c1)C1(CC2)CCC(C(=O)O)CC1. The minimum absolute atomic E-state index is 0.160. The number of carboxylic acid groups (broad SMARTS) is 1. The highest BCUT2D eigenvalue weighted by atomic mass is 16.7. The summed E-state index contributed by atoms with van der Waals surface area (Å²) in [6.45, 7) is 0.257. The van der Waals surface area contributed by atoms with Gasteiger partial charge in [-0.2, -0.15) is 0 Å². The van der Waals surface area contributed by atoms with Crippen LogP contribution in [0.15, 0.2) is 18.2 Å². The number of aliphatic carboxylic acids is 1. The van der Waals surface area contributed by atoms with Crippen molar-refractivity contribution in [1.29, 1.82) is 0 Å². The average molecular weight is 290 g/mol. The summed E-state index contributed by atoms with van der Waals surface area (Å²) in [5.41, 5.74) is 2.95. The van der Waals surface area contributed by atoms with Crippen molar-refractivity contribution < 1.29 is 19.4 Å². The van der Waals surface area contributed by atoms with E-state index in [1.165, 1.54) is 11.1 Å². The maximum Gasteiger partial charge on any atom is 0.306 e. The summed E-state index contributed by atoms with van der Waals surface area (Å²) in [6.07, 6.45) is 5.77. The van der Waals surface area contributed by atoms with Crippen LogP contribution in [0, 0.1) is 5.92 Å². The Morgan fingerprint density at radius 2 is 2.10 bits per heavy atom. The molecule has 0 heterocycles. The summed E-state index contributed by atoms with van der Waals surface area (Å²) >= 11 is 0. The highest BCUT2D eigenvalue weighted by molar-refractivity contribution is 5.70. The van der Waals surface area contributed by atoms with E-state index in [9.17, 15) is 9.90 Å². The summed E-state index contributed by atoms with van der Waals surface area (Å²) in [5.74, 6) is 0.0464.